The number of anilines is 1. The van der Waals surface area contributed by atoms with Gasteiger partial charge in [-0.2, -0.15) is 16.8 Å². The number of nitrogen functional groups attached to an aromatic ring is 1. The van der Waals surface area contributed by atoms with E-state index in [0.717, 1.165) is 6.07 Å². The van der Waals surface area contributed by atoms with Crippen LogP contribution in [0, 0.1) is 0 Å². The van der Waals surface area contributed by atoms with E-state index in [9.17, 15) is 26.5 Å². The van der Waals surface area contributed by atoms with Crippen LogP contribution in [0.25, 0.3) is 10.8 Å². The first-order valence-corrected chi connectivity index (χ1v) is 7.91. The number of phenols is 1. The lowest BCUT2D eigenvalue weighted by Crippen LogP contribution is -2.12. The van der Waals surface area contributed by atoms with E-state index < -0.39 is 41.5 Å². The van der Waals surface area contributed by atoms with Gasteiger partial charge in [0.2, 0.25) is 0 Å². The Morgan fingerprint density at radius 1 is 0.850 bits per heavy atom. The molecule has 0 fully saturated rings. The van der Waals surface area contributed by atoms with Gasteiger partial charge >= 0.3 is 0 Å². The maximum Gasteiger partial charge on any atom is 0.298 e. The van der Waals surface area contributed by atoms with Gasteiger partial charge in [-0.05, 0) is 0 Å². The fraction of sp³-hybridized carbons (Fsp3) is 0. The molecule has 0 aromatic heterocycles. The van der Waals surface area contributed by atoms with Gasteiger partial charge in [-0.25, -0.2) is 0 Å². The van der Waals surface area contributed by atoms with E-state index in [-0.39, 0.29) is 10.8 Å². The number of rotatable bonds is 2. The van der Waals surface area contributed by atoms with Crippen LogP contribution in [0.4, 0.5) is 5.69 Å². The van der Waals surface area contributed by atoms with Gasteiger partial charge in [0, 0.05) is 10.8 Å². The Hall–Kier alpha value is -1.88. The second kappa shape index (κ2) is 4.31. The standard InChI is InChI=1S/C10H9NO7S2/c11-7-8(12)5-3-1-2-4-6(5)9(19(13,14)15)10(7)20(16,17)18/h1-4,12H,11H2,(H,13,14,15)(H,16,17,18). The van der Waals surface area contributed by atoms with Crippen molar-refractivity contribution in [3.8, 4) is 5.75 Å². The third-order valence-electron chi connectivity index (χ3n) is 2.65. The molecule has 0 aliphatic carbocycles. The molecule has 0 aliphatic rings. The number of phenolic OH excluding ortho intramolecular Hbond substituents is 1. The molecule has 108 valence electrons. The van der Waals surface area contributed by atoms with Crippen LogP contribution >= 0.6 is 0 Å². The van der Waals surface area contributed by atoms with Gasteiger partial charge in [0.05, 0.1) is 5.69 Å². The van der Waals surface area contributed by atoms with Crippen molar-refractivity contribution in [3.05, 3.63) is 24.3 Å². The van der Waals surface area contributed by atoms with E-state index in [1.807, 2.05) is 0 Å². The van der Waals surface area contributed by atoms with Crippen LogP contribution in [0.3, 0.4) is 0 Å². The Balaban J connectivity index is 3.27. The van der Waals surface area contributed by atoms with Gasteiger partial charge in [0.15, 0.2) is 0 Å². The van der Waals surface area contributed by atoms with Gasteiger partial charge in [-0.3, -0.25) is 9.11 Å². The molecule has 5 N–H and O–H groups in total. The Kier molecular flexibility index (Phi) is 3.13. The van der Waals surface area contributed by atoms with Gasteiger partial charge in [0.1, 0.15) is 15.5 Å². The van der Waals surface area contributed by atoms with E-state index in [2.05, 4.69) is 0 Å². The van der Waals surface area contributed by atoms with Crippen LogP contribution < -0.4 is 5.73 Å². The number of nitrogens with two attached hydrogens (primary N) is 1. The lowest BCUT2D eigenvalue weighted by atomic mass is 10.1. The highest BCUT2D eigenvalue weighted by atomic mass is 32.2. The van der Waals surface area contributed by atoms with Gasteiger partial charge in [-0.15, -0.1) is 0 Å². The zero-order chi connectivity index (χ0) is 15.3. The summed E-state index contributed by atoms with van der Waals surface area (Å²) in [4.78, 5) is -2.33. The molecule has 0 radical (unpaired) electrons. The van der Waals surface area contributed by atoms with Crippen molar-refractivity contribution in [2.45, 2.75) is 9.79 Å². The molecule has 10 heteroatoms. The third-order valence-corrected chi connectivity index (χ3v) is 4.66. The summed E-state index contributed by atoms with van der Waals surface area (Å²) in [7, 11) is -10.1. The van der Waals surface area contributed by atoms with E-state index in [0.29, 0.717) is 0 Å². The average Bonchev–Trinajstić information content (AvgIpc) is 2.30. The number of aromatic hydroxyl groups is 1. The Labute approximate surface area is 114 Å². The largest absolute Gasteiger partial charge is 0.505 e. The molecule has 2 aromatic rings. The zero-order valence-electron chi connectivity index (χ0n) is 9.68. The molecule has 0 spiro atoms. The van der Waals surface area contributed by atoms with E-state index in [4.69, 9.17) is 10.3 Å². The lowest BCUT2D eigenvalue weighted by Gasteiger charge is -2.13. The maximum atomic E-state index is 11.4. The van der Waals surface area contributed by atoms with Crippen molar-refractivity contribution in [3.63, 3.8) is 0 Å². The highest BCUT2D eigenvalue weighted by Crippen LogP contribution is 2.41. The summed E-state index contributed by atoms with van der Waals surface area (Å²) in [6.45, 7) is 0. The summed E-state index contributed by atoms with van der Waals surface area (Å²) in [5.41, 5.74) is 4.51. The van der Waals surface area contributed by atoms with Crippen LogP contribution in [0.1, 0.15) is 0 Å². The van der Waals surface area contributed by atoms with Crippen molar-refractivity contribution in [2.75, 3.05) is 5.73 Å². The fourth-order valence-corrected chi connectivity index (χ4v) is 4.05. The smallest absolute Gasteiger partial charge is 0.298 e. The first-order chi connectivity index (χ1) is 9.05. The predicted molar refractivity (Wildman–Crippen MR) is 69.7 cm³/mol. The minimum atomic E-state index is -5.09. The lowest BCUT2D eigenvalue weighted by molar-refractivity contribution is 0.462. The van der Waals surface area contributed by atoms with Crippen molar-refractivity contribution in [2.24, 2.45) is 0 Å². The predicted octanol–water partition coefficient (Wildman–Crippen LogP) is 0.621. The topological polar surface area (TPSA) is 155 Å². The van der Waals surface area contributed by atoms with Crippen molar-refractivity contribution in [1.82, 2.24) is 0 Å². The maximum absolute atomic E-state index is 11.4. The monoisotopic (exact) mass is 319 g/mol. The molecule has 0 atom stereocenters. The molecule has 2 rings (SSSR count). The summed E-state index contributed by atoms with van der Waals surface area (Å²) in [5.74, 6) is -0.708. The molecule has 0 heterocycles. The third kappa shape index (κ3) is 2.18. The van der Waals surface area contributed by atoms with Crippen molar-refractivity contribution < 1.29 is 31.0 Å². The molecule has 0 unspecified atom stereocenters. The summed E-state index contributed by atoms with van der Waals surface area (Å²) in [5, 5.41) is 9.45. The van der Waals surface area contributed by atoms with Crippen LogP contribution in [0.2, 0.25) is 0 Å². The molecule has 0 bridgehead atoms. The normalized spacial score (nSPS) is 12.7. The zero-order valence-corrected chi connectivity index (χ0v) is 11.3. The quantitative estimate of drug-likeness (QED) is 0.356. The second-order valence-corrected chi connectivity index (χ2v) is 6.63. The second-order valence-electron chi connectivity index (χ2n) is 3.92. The van der Waals surface area contributed by atoms with E-state index >= 15 is 0 Å². The van der Waals surface area contributed by atoms with Crippen LogP contribution in [0.5, 0.6) is 5.75 Å². The molecular formula is C10H9NO7S2. The van der Waals surface area contributed by atoms with Crippen LogP contribution in [0.15, 0.2) is 34.1 Å². The molecule has 0 aliphatic heterocycles. The Morgan fingerprint density at radius 3 is 1.75 bits per heavy atom. The first-order valence-electron chi connectivity index (χ1n) is 5.03. The highest BCUT2D eigenvalue weighted by molar-refractivity contribution is 7.89. The van der Waals surface area contributed by atoms with Crippen molar-refractivity contribution in [1.29, 1.82) is 0 Å². The summed E-state index contributed by atoms with van der Waals surface area (Å²) in [6.07, 6.45) is 0. The molecule has 8 nitrogen and oxygen atoms in total. The molecule has 2 aromatic carbocycles. The van der Waals surface area contributed by atoms with E-state index in [1.165, 1.54) is 18.2 Å². The molecule has 20 heavy (non-hydrogen) atoms. The summed E-state index contributed by atoms with van der Waals surface area (Å²) >= 11 is 0. The SMILES string of the molecule is Nc1c(S(=O)(=O)O)c(S(=O)(=O)O)c2ccccc2c1O. The van der Waals surface area contributed by atoms with Gasteiger partial charge < -0.3 is 10.8 Å². The fourth-order valence-electron chi connectivity index (χ4n) is 1.90. The minimum absolute atomic E-state index is 0.0787. The summed E-state index contributed by atoms with van der Waals surface area (Å²) < 4.78 is 63.8. The number of hydrogen-bond acceptors (Lipinski definition) is 6. The van der Waals surface area contributed by atoms with Crippen LogP contribution in [-0.2, 0) is 20.2 Å². The van der Waals surface area contributed by atoms with Gasteiger partial charge in [-0.1, -0.05) is 24.3 Å². The number of benzene rings is 2. The minimum Gasteiger partial charge on any atom is -0.505 e. The average molecular weight is 319 g/mol. The molecule has 0 saturated heterocycles. The highest BCUT2D eigenvalue weighted by Gasteiger charge is 2.31. The summed E-state index contributed by atoms with van der Waals surface area (Å²) in [6, 6.07) is 5.25. The first kappa shape index (κ1) is 14.5. The van der Waals surface area contributed by atoms with Crippen LogP contribution in [-0.4, -0.2) is 31.0 Å². The van der Waals surface area contributed by atoms with E-state index in [1.54, 1.807) is 0 Å². The number of fused-ring (bicyclic) bond motifs is 1. The molecular weight excluding hydrogens is 310 g/mol. The van der Waals surface area contributed by atoms with Gasteiger partial charge in [0.25, 0.3) is 20.2 Å². The van der Waals surface area contributed by atoms with Crippen molar-refractivity contribution >= 4 is 36.7 Å². The molecule has 0 amide bonds. The number of hydrogen-bond donors (Lipinski definition) is 4. The molecule has 0 saturated carbocycles. The Morgan fingerprint density at radius 2 is 1.30 bits per heavy atom. The Bertz CT molecular complexity index is 916.